The van der Waals surface area contributed by atoms with Crippen molar-refractivity contribution in [2.75, 3.05) is 24.2 Å². The van der Waals surface area contributed by atoms with Crippen LogP contribution >= 0.6 is 50.6 Å². The molecule has 1 heterocycles. The summed E-state index contributed by atoms with van der Waals surface area (Å²) in [4.78, 5) is 29.3. The highest BCUT2D eigenvalue weighted by molar-refractivity contribution is 9.10. The van der Waals surface area contributed by atoms with Crippen molar-refractivity contribution < 1.29 is 14.3 Å². The first-order valence-electron chi connectivity index (χ1n) is 10.2. The van der Waals surface area contributed by atoms with E-state index in [1.807, 2.05) is 36.4 Å². The lowest BCUT2D eigenvalue weighted by Crippen LogP contribution is -2.29. The molecule has 10 heteroatoms. The van der Waals surface area contributed by atoms with E-state index in [0.29, 0.717) is 35.2 Å². The number of ether oxygens (including phenoxy) is 1. The molecule has 0 aliphatic carbocycles. The van der Waals surface area contributed by atoms with E-state index < -0.39 is 0 Å². The molecule has 1 aromatic heterocycles. The van der Waals surface area contributed by atoms with Crippen molar-refractivity contribution in [2.45, 2.75) is 4.34 Å². The van der Waals surface area contributed by atoms with Gasteiger partial charge >= 0.3 is 0 Å². The number of benzene rings is 3. The SMILES string of the molecule is O=C(CSc1nc2ccc(NC(=O)c3ccccc3Br)cc2s1)NCCOc1ccc(Cl)cc1. The molecule has 4 aromatic rings. The fourth-order valence-corrected chi connectivity index (χ4v) is 5.48. The standard InChI is InChI=1S/C24H19BrClN3O3S2/c25-19-4-2-1-3-18(19)23(31)28-16-7-10-20-21(13-16)34-24(29-20)33-14-22(30)27-11-12-32-17-8-5-15(26)6-9-17/h1-10,13H,11-12,14H2,(H,27,30)(H,28,31). The van der Waals surface area contributed by atoms with Gasteiger partial charge in [-0.25, -0.2) is 4.98 Å². The molecular weight excluding hydrogens is 558 g/mol. The number of halogens is 2. The van der Waals surface area contributed by atoms with Crippen molar-refractivity contribution in [3.05, 3.63) is 81.8 Å². The highest BCUT2D eigenvalue weighted by atomic mass is 79.9. The second-order valence-corrected chi connectivity index (χ2v) is 10.6. The molecule has 3 aromatic carbocycles. The third kappa shape index (κ3) is 6.73. The third-order valence-electron chi connectivity index (χ3n) is 4.58. The number of thiazole rings is 1. The van der Waals surface area contributed by atoms with Crippen LogP contribution in [0.2, 0.25) is 5.02 Å². The predicted octanol–water partition coefficient (Wildman–Crippen LogP) is 6.25. The van der Waals surface area contributed by atoms with E-state index in [1.165, 1.54) is 23.1 Å². The van der Waals surface area contributed by atoms with Gasteiger partial charge in [0.1, 0.15) is 12.4 Å². The van der Waals surface area contributed by atoms with Crippen LogP contribution in [0.15, 0.2) is 75.5 Å². The summed E-state index contributed by atoms with van der Waals surface area (Å²) in [5.41, 5.74) is 2.07. The molecule has 0 atom stereocenters. The Balaban J connectivity index is 1.25. The summed E-state index contributed by atoms with van der Waals surface area (Å²) in [7, 11) is 0. The largest absolute Gasteiger partial charge is 0.492 e. The molecule has 0 aliphatic rings. The summed E-state index contributed by atoms with van der Waals surface area (Å²) >= 11 is 12.1. The van der Waals surface area contributed by atoms with Crippen LogP contribution in [-0.2, 0) is 4.79 Å². The van der Waals surface area contributed by atoms with E-state index in [9.17, 15) is 9.59 Å². The number of nitrogens with one attached hydrogen (secondary N) is 2. The van der Waals surface area contributed by atoms with Crippen LogP contribution in [0.1, 0.15) is 10.4 Å². The van der Waals surface area contributed by atoms with Gasteiger partial charge in [0.05, 0.1) is 28.1 Å². The zero-order valence-electron chi connectivity index (χ0n) is 17.7. The first-order valence-corrected chi connectivity index (χ1v) is 13.2. The van der Waals surface area contributed by atoms with Gasteiger partial charge in [-0.05, 0) is 70.5 Å². The molecule has 0 unspecified atom stereocenters. The lowest BCUT2D eigenvalue weighted by Gasteiger charge is -2.07. The smallest absolute Gasteiger partial charge is 0.256 e. The summed E-state index contributed by atoms with van der Waals surface area (Å²) in [5.74, 6) is 0.675. The molecule has 4 rings (SSSR count). The number of aromatic nitrogens is 1. The Hall–Kier alpha value is -2.59. The molecule has 34 heavy (non-hydrogen) atoms. The van der Waals surface area contributed by atoms with Crippen LogP contribution < -0.4 is 15.4 Å². The number of rotatable bonds is 9. The van der Waals surface area contributed by atoms with Crippen LogP contribution in [0.25, 0.3) is 10.2 Å². The van der Waals surface area contributed by atoms with Crippen molar-refractivity contribution in [3.63, 3.8) is 0 Å². The Bertz CT molecular complexity index is 1310. The van der Waals surface area contributed by atoms with Crippen LogP contribution in [0.5, 0.6) is 5.75 Å². The number of amides is 2. The molecule has 0 spiro atoms. The molecule has 0 saturated heterocycles. The fraction of sp³-hybridized carbons (Fsp3) is 0.125. The van der Waals surface area contributed by atoms with Crippen LogP contribution in [-0.4, -0.2) is 35.7 Å². The summed E-state index contributed by atoms with van der Waals surface area (Å²) < 4.78 is 8.02. The molecule has 0 radical (unpaired) electrons. The van der Waals surface area contributed by atoms with Gasteiger partial charge in [-0.2, -0.15) is 0 Å². The molecular formula is C24H19BrClN3O3S2. The van der Waals surface area contributed by atoms with Crippen LogP contribution in [0.3, 0.4) is 0 Å². The summed E-state index contributed by atoms with van der Waals surface area (Å²) in [6.07, 6.45) is 0. The highest BCUT2D eigenvalue weighted by Gasteiger charge is 2.12. The molecule has 0 fully saturated rings. The minimum absolute atomic E-state index is 0.0923. The summed E-state index contributed by atoms with van der Waals surface area (Å²) in [6.45, 7) is 0.773. The number of hydrogen-bond acceptors (Lipinski definition) is 6. The van der Waals surface area contributed by atoms with Crippen molar-refractivity contribution in [3.8, 4) is 5.75 Å². The Kier molecular flexibility index (Phi) is 8.44. The second-order valence-electron chi connectivity index (χ2n) is 7.04. The van der Waals surface area contributed by atoms with E-state index in [-0.39, 0.29) is 17.6 Å². The van der Waals surface area contributed by atoms with Crippen molar-refractivity contribution in [1.29, 1.82) is 0 Å². The number of thioether (sulfide) groups is 1. The minimum atomic E-state index is -0.192. The van der Waals surface area contributed by atoms with E-state index in [4.69, 9.17) is 16.3 Å². The number of carbonyl (C=O) groups excluding carboxylic acids is 2. The average molecular weight is 577 g/mol. The highest BCUT2D eigenvalue weighted by Crippen LogP contribution is 2.31. The van der Waals surface area contributed by atoms with E-state index in [2.05, 4.69) is 31.5 Å². The summed E-state index contributed by atoms with van der Waals surface area (Å²) in [6, 6.07) is 19.9. The van der Waals surface area contributed by atoms with Gasteiger partial charge in [0.25, 0.3) is 5.91 Å². The maximum Gasteiger partial charge on any atom is 0.256 e. The van der Waals surface area contributed by atoms with Crippen molar-refractivity contribution in [1.82, 2.24) is 10.3 Å². The number of anilines is 1. The van der Waals surface area contributed by atoms with Gasteiger partial charge in [0.2, 0.25) is 5.91 Å². The molecule has 0 saturated carbocycles. The lowest BCUT2D eigenvalue weighted by molar-refractivity contribution is -0.118. The number of carbonyl (C=O) groups is 2. The zero-order valence-corrected chi connectivity index (χ0v) is 21.7. The Morgan fingerprint density at radius 1 is 1.09 bits per heavy atom. The molecule has 174 valence electrons. The first kappa shape index (κ1) is 24.5. The van der Waals surface area contributed by atoms with Crippen molar-refractivity contribution >= 4 is 78.3 Å². The Labute approximate surface area is 218 Å². The van der Waals surface area contributed by atoms with E-state index in [0.717, 1.165) is 19.0 Å². The Morgan fingerprint density at radius 2 is 1.88 bits per heavy atom. The number of nitrogens with zero attached hydrogens (tertiary/aromatic N) is 1. The monoisotopic (exact) mass is 575 g/mol. The fourth-order valence-electron chi connectivity index (χ4n) is 2.96. The average Bonchev–Trinajstić information content (AvgIpc) is 3.24. The molecule has 0 bridgehead atoms. The minimum Gasteiger partial charge on any atom is -0.492 e. The van der Waals surface area contributed by atoms with E-state index >= 15 is 0 Å². The van der Waals surface area contributed by atoms with Gasteiger partial charge in [-0.1, -0.05) is 35.5 Å². The maximum atomic E-state index is 12.5. The molecule has 6 nitrogen and oxygen atoms in total. The van der Waals surface area contributed by atoms with Crippen molar-refractivity contribution in [2.24, 2.45) is 0 Å². The van der Waals surface area contributed by atoms with Crippen LogP contribution in [0.4, 0.5) is 5.69 Å². The quantitative estimate of drug-likeness (QED) is 0.182. The van der Waals surface area contributed by atoms with Gasteiger partial charge in [-0.15, -0.1) is 11.3 Å². The van der Waals surface area contributed by atoms with Gasteiger partial charge in [0.15, 0.2) is 4.34 Å². The van der Waals surface area contributed by atoms with Gasteiger partial charge < -0.3 is 15.4 Å². The van der Waals surface area contributed by atoms with Gasteiger partial charge in [-0.3, -0.25) is 9.59 Å². The van der Waals surface area contributed by atoms with Crippen LogP contribution in [0, 0.1) is 0 Å². The van der Waals surface area contributed by atoms with E-state index in [1.54, 1.807) is 30.3 Å². The topological polar surface area (TPSA) is 80.3 Å². The normalized spacial score (nSPS) is 10.8. The summed E-state index contributed by atoms with van der Waals surface area (Å²) in [5, 5.41) is 6.40. The third-order valence-corrected chi connectivity index (χ3v) is 7.68. The molecule has 2 amide bonds. The molecule has 0 aliphatic heterocycles. The second kappa shape index (κ2) is 11.7. The lowest BCUT2D eigenvalue weighted by atomic mass is 10.2. The molecule has 2 N–H and O–H groups in total. The maximum absolute atomic E-state index is 12.5. The predicted molar refractivity (Wildman–Crippen MR) is 142 cm³/mol. The van der Waals surface area contributed by atoms with Gasteiger partial charge in [0, 0.05) is 15.2 Å². The Morgan fingerprint density at radius 3 is 2.68 bits per heavy atom. The zero-order chi connectivity index (χ0) is 23.9. The first-order chi connectivity index (χ1) is 16.5. The number of hydrogen-bond donors (Lipinski definition) is 2. The number of fused-ring (bicyclic) bond motifs is 1.